The number of fused-ring (bicyclic) bond motifs is 1. The molecule has 0 aliphatic rings. The number of methoxy groups -OCH3 is 1. The van der Waals surface area contributed by atoms with E-state index >= 15 is 0 Å². The first-order valence-electron chi connectivity index (χ1n) is 9.54. The van der Waals surface area contributed by atoms with Crippen LogP contribution in [0.5, 0.6) is 5.75 Å². The lowest BCUT2D eigenvalue weighted by molar-refractivity contribution is 0.0435. The summed E-state index contributed by atoms with van der Waals surface area (Å²) in [5.41, 5.74) is 1.07. The number of benzene rings is 3. The van der Waals surface area contributed by atoms with Gasteiger partial charge in [-0.25, -0.2) is 13.2 Å². The molecular formula is C24H20O6S. The van der Waals surface area contributed by atoms with Crippen LogP contribution in [-0.4, -0.2) is 21.5 Å². The van der Waals surface area contributed by atoms with Crippen molar-refractivity contribution >= 4 is 26.6 Å². The van der Waals surface area contributed by atoms with Crippen LogP contribution in [0.2, 0.25) is 0 Å². The Kier molecular flexibility index (Phi) is 5.77. The van der Waals surface area contributed by atoms with Gasteiger partial charge in [0.2, 0.25) is 5.76 Å². The number of hydrogen-bond acceptors (Lipinski definition) is 6. The van der Waals surface area contributed by atoms with Crippen molar-refractivity contribution < 1.29 is 27.1 Å². The molecular weight excluding hydrogens is 416 g/mol. The number of furan rings is 1. The average Bonchev–Trinajstić information content (AvgIpc) is 3.25. The van der Waals surface area contributed by atoms with Crippen molar-refractivity contribution in [2.45, 2.75) is 17.3 Å². The fourth-order valence-electron chi connectivity index (χ4n) is 3.25. The quantitative estimate of drug-likeness (QED) is 0.388. The minimum absolute atomic E-state index is 0.0341. The Morgan fingerprint density at radius 3 is 2.45 bits per heavy atom. The molecule has 4 rings (SSSR count). The smallest absolute Gasteiger partial charge is 0.374 e. The summed E-state index contributed by atoms with van der Waals surface area (Å²) in [4.78, 5) is 12.7. The largest absolute Gasteiger partial charge is 0.497 e. The molecule has 0 atom stereocenters. The lowest BCUT2D eigenvalue weighted by Gasteiger charge is -2.08. The number of esters is 1. The second-order valence-electron chi connectivity index (χ2n) is 6.97. The van der Waals surface area contributed by atoms with Gasteiger partial charge in [0.1, 0.15) is 12.4 Å². The van der Waals surface area contributed by atoms with Gasteiger partial charge in [-0.3, -0.25) is 0 Å². The molecule has 3 aromatic carbocycles. The van der Waals surface area contributed by atoms with Gasteiger partial charge in [-0.1, -0.05) is 36.4 Å². The summed E-state index contributed by atoms with van der Waals surface area (Å²) in [5.74, 6) is -0.402. The average molecular weight is 436 g/mol. The van der Waals surface area contributed by atoms with E-state index in [2.05, 4.69) is 0 Å². The predicted molar refractivity (Wildman–Crippen MR) is 116 cm³/mol. The van der Waals surface area contributed by atoms with E-state index in [1.807, 2.05) is 36.4 Å². The normalized spacial score (nSPS) is 11.4. The van der Waals surface area contributed by atoms with Gasteiger partial charge in [-0.15, -0.1) is 0 Å². The third-order valence-electron chi connectivity index (χ3n) is 4.86. The van der Waals surface area contributed by atoms with Gasteiger partial charge >= 0.3 is 5.97 Å². The van der Waals surface area contributed by atoms with Crippen LogP contribution in [0.1, 0.15) is 21.7 Å². The van der Waals surface area contributed by atoms with E-state index < -0.39 is 15.8 Å². The summed E-state index contributed by atoms with van der Waals surface area (Å²) in [5, 5.41) is 2.00. The van der Waals surface area contributed by atoms with E-state index in [9.17, 15) is 13.2 Å². The molecule has 0 spiro atoms. The van der Waals surface area contributed by atoms with E-state index in [0.717, 1.165) is 22.1 Å². The highest BCUT2D eigenvalue weighted by atomic mass is 32.2. The lowest BCUT2D eigenvalue weighted by atomic mass is 10.1. The van der Waals surface area contributed by atoms with Gasteiger partial charge in [-0.2, -0.15) is 0 Å². The fraction of sp³-hybridized carbons (Fsp3) is 0.125. The molecule has 0 aliphatic carbocycles. The number of hydrogen-bond donors (Lipinski definition) is 0. The number of rotatable bonds is 7. The highest BCUT2D eigenvalue weighted by molar-refractivity contribution is 7.90. The van der Waals surface area contributed by atoms with Gasteiger partial charge in [-0.05, 0) is 52.7 Å². The summed E-state index contributed by atoms with van der Waals surface area (Å²) in [6.45, 7) is 0.0341. The van der Waals surface area contributed by atoms with Crippen LogP contribution in [-0.2, 0) is 26.9 Å². The number of sulfone groups is 1. The standard InChI is InChI=1S/C24H20O6S/c1-28-21-10-9-18-13-17(7-8-19(18)14-21)15-30-24(25)23-20(11-12-29-23)16-31(26,27)22-5-3-2-4-6-22/h2-14H,15-16H2,1H3. The highest BCUT2D eigenvalue weighted by Crippen LogP contribution is 2.23. The maximum atomic E-state index is 12.6. The van der Waals surface area contributed by atoms with Crippen molar-refractivity contribution in [2.75, 3.05) is 7.11 Å². The second kappa shape index (κ2) is 8.65. The van der Waals surface area contributed by atoms with Crippen LogP contribution in [0.3, 0.4) is 0 Å². The maximum absolute atomic E-state index is 12.6. The summed E-state index contributed by atoms with van der Waals surface area (Å²) < 4.78 is 41.1. The SMILES string of the molecule is COc1ccc2cc(COC(=O)c3occc3CS(=O)(=O)c3ccccc3)ccc2c1. The molecule has 0 amide bonds. The van der Waals surface area contributed by atoms with Crippen molar-refractivity contribution in [3.63, 3.8) is 0 Å². The monoisotopic (exact) mass is 436 g/mol. The van der Waals surface area contributed by atoms with E-state index in [0.29, 0.717) is 0 Å². The van der Waals surface area contributed by atoms with Crippen molar-refractivity contribution in [3.05, 3.63) is 95.9 Å². The van der Waals surface area contributed by atoms with Crippen LogP contribution >= 0.6 is 0 Å². The van der Waals surface area contributed by atoms with Crippen molar-refractivity contribution in [3.8, 4) is 5.75 Å². The predicted octanol–water partition coefficient (Wildman–Crippen LogP) is 4.77. The van der Waals surface area contributed by atoms with Crippen LogP contribution in [0, 0.1) is 0 Å². The van der Waals surface area contributed by atoms with E-state index in [4.69, 9.17) is 13.9 Å². The van der Waals surface area contributed by atoms with Gasteiger partial charge in [0.15, 0.2) is 9.84 Å². The molecule has 1 aromatic heterocycles. The molecule has 1 heterocycles. The molecule has 0 saturated heterocycles. The molecule has 6 nitrogen and oxygen atoms in total. The summed E-state index contributed by atoms with van der Waals surface area (Å²) in [6.07, 6.45) is 1.29. The molecule has 158 valence electrons. The Morgan fingerprint density at radius 2 is 1.68 bits per heavy atom. The second-order valence-corrected chi connectivity index (χ2v) is 8.96. The molecule has 7 heteroatoms. The van der Waals surface area contributed by atoms with Gasteiger partial charge < -0.3 is 13.9 Å². The maximum Gasteiger partial charge on any atom is 0.374 e. The van der Waals surface area contributed by atoms with E-state index in [-0.39, 0.29) is 28.6 Å². The minimum Gasteiger partial charge on any atom is -0.497 e. The number of carbonyl (C=O) groups is 1. The van der Waals surface area contributed by atoms with Crippen molar-refractivity contribution in [1.82, 2.24) is 0 Å². The Hall–Kier alpha value is -3.58. The van der Waals surface area contributed by atoms with Gasteiger partial charge in [0.25, 0.3) is 0 Å². The number of ether oxygens (including phenoxy) is 2. The molecule has 0 unspecified atom stereocenters. The van der Waals surface area contributed by atoms with Crippen molar-refractivity contribution in [2.24, 2.45) is 0 Å². The summed E-state index contributed by atoms with van der Waals surface area (Å²) in [6, 6.07) is 21.0. The van der Waals surface area contributed by atoms with E-state index in [1.165, 1.54) is 24.5 Å². The van der Waals surface area contributed by atoms with Crippen LogP contribution < -0.4 is 4.74 Å². The molecule has 31 heavy (non-hydrogen) atoms. The lowest BCUT2D eigenvalue weighted by Crippen LogP contribution is -2.10. The first kappa shape index (κ1) is 20.7. The van der Waals surface area contributed by atoms with Crippen LogP contribution in [0.15, 0.2) is 88.4 Å². The summed E-state index contributed by atoms with van der Waals surface area (Å²) >= 11 is 0. The number of carbonyl (C=O) groups excluding carboxylic acids is 1. The Bertz CT molecular complexity index is 1320. The molecule has 0 saturated carbocycles. The van der Waals surface area contributed by atoms with Gasteiger partial charge in [0.05, 0.1) is 24.0 Å². The molecule has 0 bridgehead atoms. The Morgan fingerprint density at radius 1 is 0.935 bits per heavy atom. The van der Waals surface area contributed by atoms with Gasteiger partial charge in [0, 0.05) is 5.56 Å². The van der Waals surface area contributed by atoms with E-state index in [1.54, 1.807) is 25.3 Å². The Balaban J connectivity index is 1.47. The molecule has 0 fully saturated rings. The zero-order chi connectivity index (χ0) is 21.8. The van der Waals surface area contributed by atoms with Crippen LogP contribution in [0.4, 0.5) is 0 Å². The zero-order valence-electron chi connectivity index (χ0n) is 16.8. The van der Waals surface area contributed by atoms with Crippen LogP contribution in [0.25, 0.3) is 10.8 Å². The fourth-order valence-corrected chi connectivity index (χ4v) is 4.62. The third-order valence-corrected chi connectivity index (χ3v) is 6.54. The zero-order valence-corrected chi connectivity index (χ0v) is 17.6. The molecule has 0 radical (unpaired) electrons. The highest BCUT2D eigenvalue weighted by Gasteiger charge is 2.23. The molecule has 4 aromatic rings. The Labute approximate surface area is 179 Å². The first-order valence-corrected chi connectivity index (χ1v) is 11.2. The topological polar surface area (TPSA) is 82.8 Å². The first-order chi connectivity index (χ1) is 15.0. The molecule has 0 N–H and O–H groups in total. The molecule has 0 aliphatic heterocycles. The van der Waals surface area contributed by atoms with Crippen molar-refractivity contribution in [1.29, 1.82) is 0 Å². The minimum atomic E-state index is -3.61. The third kappa shape index (κ3) is 4.62. The summed E-state index contributed by atoms with van der Waals surface area (Å²) in [7, 11) is -2.00.